The number of likely N-dealkylation sites (N-methyl/N-ethyl adjacent to an activating group) is 1. The Hall–Kier alpha value is -1.93. The average molecular weight is 368 g/mol. The summed E-state index contributed by atoms with van der Waals surface area (Å²) >= 11 is 0. The molecule has 6 nitrogen and oxygen atoms in total. The Morgan fingerprint density at radius 3 is 2.81 bits per heavy atom. The van der Waals surface area contributed by atoms with Crippen LogP contribution in [0.5, 0.6) is 11.5 Å². The number of piperidine rings is 2. The molecule has 8 heteroatoms. The van der Waals surface area contributed by atoms with E-state index in [9.17, 15) is 18.7 Å². The molecular formula is C18H22F2N2O4. The van der Waals surface area contributed by atoms with Crippen LogP contribution in [0.15, 0.2) is 18.2 Å². The van der Waals surface area contributed by atoms with Crippen molar-refractivity contribution in [1.29, 1.82) is 0 Å². The molecule has 0 bridgehead atoms. The quantitative estimate of drug-likeness (QED) is 0.884. The van der Waals surface area contributed by atoms with Gasteiger partial charge in [-0.3, -0.25) is 9.69 Å². The molecule has 0 aliphatic carbocycles. The number of hydrogen-bond acceptors (Lipinski definition) is 5. The molecule has 3 aliphatic rings. The second-order valence-corrected chi connectivity index (χ2v) is 7.49. The molecule has 2 fully saturated rings. The van der Waals surface area contributed by atoms with Crippen molar-refractivity contribution >= 4 is 5.97 Å². The van der Waals surface area contributed by atoms with Crippen LogP contribution in [0.4, 0.5) is 8.78 Å². The molecular weight excluding hydrogens is 346 g/mol. The number of carbonyl (C=O) groups is 1. The summed E-state index contributed by atoms with van der Waals surface area (Å²) in [5.74, 6) is -0.632. The minimum Gasteiger partial charge on any atom is -0.481 e. The maximum absolute atomic E-state index is 13.2. The second-order valence-electron chi connectivity index (χ2n) is 7.49. The summed E-state index contributed by atoms with van der Waals surface area (Å²) in [7, 11) is 1.98. The molecule has 0 saturated carbocycles. The van der Waals surface area contributed by atoms with Gasteiger partial charge in [0.1, 0.15) is 0 Å². The normalized spacial score (nSPS) is 30.8. The molecule has 2 atom stereocenters. The number of carboxylic acid groups (broad SMARTS) is 1. The Morgan fingerprint density at radius 2 is 2.04 bits per heavy atom. The van der Waals surface area contributed by atoms with Crippen LogP contribution < -0.4 is 9.47 Å². The standard InChI is InChI=1S/C18H22F2N2O4/c1-21-7-2-5-17(16(23)24)6-8-22(11-15(17)21)10-12-3-4-13-14(9-12)26-18(19,20)25-13/h3-4,9,15H,2,5-8,10-11H2,1H3,(H,23,24)/t15-,17+/m1/s1. The van der Waals surface area contributed by atoms with E-state index in [1.54, 1.807) is 12.1 Å². The van der Waals surface area contributed by atoms with Gasteiger partial charge in [0.15, 0.2) is 11.5 Å². The van der Waals surface area contributed by atoms with Gasteiger partial charge in [-0.1, -0.05) is 6.07 Å². The first-order valence-corrected chi connectivity index (χ1v) is 8.84. The van der Waals surface area contributed by atoms with Crippen LogP contribution in [0.1, 0.15) is 24.8 Å². The van der Waals surface area contributed by atoms with Crippen LogP contribution in [0.3, 0.4) is 0 Å². The van der Waals surface area contributed by atoms with Gasteiger partial charge in [0.2, 0.25) is 0 Å². The van der Waals surface area contributed by atoms with Crippen LogP contribution in [-0.2, 0) is 11.3 Å². The first-order valence-electron chi connectivity index (χ1n) is 8.84. The van der Waals surface area contributed by atoms with Gasteiger partial charge in [0.05, 0.1) is 5.41 Å². The molecule has 0 amide bonds. The number of aliphatic carboxylic acids is 1. The van der Waals surface area contributed by atoms with E-state index in [1.807, 2.05) is 7.05 Å². The van der Waals surface area contributed by atoms with E-state index < -0.39 is 17.7 Å². The lowest BCUT2D eigenvalue weighted by molar-refractivity contribution is -0.286. The molecule has 0 unspecified atom stereocenters. The zero-order valence-corrected chi connectivity index (χ0v) is 14.6. The summed E-state index contributed by atoms with van der Waals surface area (Å²) in [6.45, 7) is 2.77. The smallest absolute Gasteiger partial charge is 0.481 e. The van der Waals surface area contributed by atoms with Crippen LogP contribution in [0, 0.1) is 5.41 Å². The highest BCUT2D eigenvalue weighted by atomic mass is 19.3. The van der Waals surface area contributed by atoms with Crippen molar-refractivity contribution in [2.24, 2.45) is 5.41 Å². The molecule has 1 aromatic carbocycles. The number of alkyl halides is 2. The topological polar surface area (TPSA) is 62.2 Å². The summed E-state index contributed by atoms with van der Waals surface area (Å²) in [5, 5.41) is 9.83. The third-order valence-corrected chi connectivity index (χ3v) is 5.91. The van der Waals surface area contributed by atoms with Gasteiger partial charge in [-0.15, -0.1) is 8.78 Å². The minimum atomic E-state index is -3.61. The summed E-state index contributed by atoms with van der Waals surface area (Å²) in [5.41, 5.74) is 0.159. The van der Waals surface area contributed by atoms with Gasteiger partial charge >= 0.3 is 12.3 Å². The Balaban J connectivity index is 1.49. The van der Waals surface area contributed by atoms with Crippen molar-refractivity contribution in [3.8, 4) is 11.5 Å². The number of likely N-dealkylation sites (tertiary alicyclic amines) is 2. The number of benzene rings is 1. The minimum absolute atomic E-state index is 0.0364. The second kappa shape index (κ2) is 6.06. The van der Waals surface area contributed by atoms with E-state index in [1.165, 1.54) is 6.07 Å². The van der Waals surface area contributed by atoms with Crippen molar-refractivity contribution in [2.75, 3.05) is 26.7 Å². The number of carboxylic acids is 1. The van der Waals surface area contributed by atoms with Gasteiger partial charge < -0.3 is 19.5 Å². The predicted molar refractivity (Wildman–Crippen MR) is 88.3 cm³/mol. The average Bonchev–Trinajstić information content (AvgIpc) is 2.88. The fourth-order valence-electron chi connectivity index (χ4n) is 4.54. The lowest BCUT2D eigenvalue weighted by Crippen LogP contribution is -2.62. The number of rotatable bonds is 3. The summed E-state index contributed by atoms with van der Waals surface area (Å²) in [4.78, 5) is 16.3. The zero-order valence-electron chi connectivity index (χ0n) is 14.6. The first-order chi connectivity index (χ1) is 12.3. The van der Waals surface area contributed by atoms with E-state index >= 15 is 0 Å². The van der Waals surface area contributed by atoms with Gasteiger partial charge in [-0.2, -0.15) is 0 Å². The highest BCUT2D eigenvalue weighted by molar-refractivity contribution is 5.76. The van der Waals surface area contributed by atoms with E-state index in [4.69, 9.17) is 0 Å². The lowest BCUT2D eigenvalue weighted by Gasteiger charge is -2.51. The van der Waals surface area contributed by atoms with Gasteiger partial charge in [0.25, 0.3) is 0 Å². The number of halogens is 2. The Bertz CT molecular complexity index is 729. The molecule has 3 heterocycles. The fraction of sp³-hybridized carbons (Fsp3) is 0.611. The maximum Gasteiger partial charge on any atom is 0.586 e. The number of ether oxygens (including phenoxy) is 2. The predicted octanol–water partition coefficient (Wildman–Crippen LogP) is 2.38. The highest BCUT2D eigenvalue weighted by Gasteiger charge is 2.52. The third-order valence-electron chi connectivity index (χ3n) is 5.91. The van der Waals surface area contributed by atoms with Crippen LogP contribution >= 0.6 is 0 Å². The molecule has 2 saturated heterocycles. The van der Waals surface area contributed by atoms with Gasteiger partial charge in [0, 0.05) is 19.1 Å². The van der Waals surface area contributed by atoms with Crippen molar-refractivity contribution in [3.63, 3.8) is 0 Å². The van der Waals surface area contributed by atoms with E-state index in [0.29, 0.717) is 32.5 Å². The number of hydrogen-bond donors (Lipinski definition) is 1. The monoisotopic (exact) mass is 368 g/mol. The van der Waals surface area contributed by atoms with Gasteiger partial charge in [-0.25, -0.2) is 0 Å². The molecule has 0 spiro atoms. The summed E-state index contributed by atoms with van der Waals surface area (Å²) in [6, 6.07) is 4.76. The maximum atomic E-state index is 13.2. The SMILES string of the molecule is CN1CCC[C@]2(C(=O)O)CCN(Cc3ccc4c(c3)OC(F)(F)O4)C[C@@H]12. The van der Waals surface area contributed by atoms with E-state index in [-0.39, 0.29) is 17.5 Å². The molecule has 4 rings (SSSR count). The Morgan fingerprint density at radius 1 is 1.27 bits per heavy atom. The summed E-state index contributed by atoms with van der Waals surface area (Å²) < 4.78 is 35.3. The third kappa shape index (κ3) is 2.91. The molecule has 0 aromatic heterocycles. The fourth-order valence-corrected chi connectivity index (χ4v) is 4.54. The Kier molecular flexibility index (Phi) is 4.07. The zero-order chi connectivity index (χ0) is 18.5. The first kappa shape index (κ1) is 17.5. The number of nitrogens with zero attached hydrogens (tertiary/aromatic N) is 2. The van der Waals surface area contributed by atoms with Crippen molar-refractivity contribution in [3.05, 3.63) is 23.8 Å². The largest absolute Gasteiger partial charge is 0.586 e. The van der Waals surface area contributed by atoms with Crippen molar-refractivity contribution in [2.45, 2.75) is 38.1 Å². The van der Waals surface area contributed by atoms with Crippen molar-refractivity contribution in [1.82, 2.24) is 9.80 Å². The lowest BCUT2D eigenvalue weighted by atomic mass is 9.68. The summed E-state index contributed by atoms with van der Waals surface area (Å²) in [6.07, 6.45) is -1.40. The van der Waals surface area contributed by atoms with Gasteiger partial charge in [-0.05, 0) is 57.1 Å². The highest BCUT2D eigenvalue weighted by Crippen LogP contribution is 2.44. The molecule has 3 aliphatic heterocycles. The van der Waals surface area contributed by atoms with Crippen LogP contribution in [0.2, 0.25) is 0 Å². The Labute approximate surface area is 150 Å². The molecule has 0 radical (unpaired) electrons. The van der Waals surface area contributed by atoms with E-state index in [0.717, 1.165) is 18.5 Å². The molecule has 1 N–H and O–H groups in total. The molecule has 1 aromatic rings. The molecule has 142 valence electrons. The molecule has 26 heavy (non-hydrogen) atoms. The van der Waals surface area contributed by atoms with Crippen molar-refractivity contribution < 1.29 is 28.2 Å². The van der Waals surface area contributed by atoms with Crippen LogP contribution in [0.25, 0.3) is 0 Å². The number of fused-ring (bicyclic) bond motifs is 2. The van der Waals surface area contributed by atoms with E-state index in [2.05, 4.69) is 19.3 Å². The van der Waals surface area contributed by atoms with Crippen LogP contribution in [-0.4, -0.2) is 59.9 Å².